The Morgan fingerprint density at radius 1 is 1.33 bits per heavy atom. The van der Waals surface area contributed by atoms with E-state index in [0.717, 1.165) is 22.7 Å². The van der Waals surface area contributed by atoms with Gasteiger partial charge in [0.1, 0.15) is 5.76 Å². The minimum Gasteiger partial charge on any atom is -0.361 e. The fourth-order valence-corrected chi connectivity index (χ4v) is 1.96. The Labute approximate surface area is 123 Å². The van der Waals surface area contributed by atoms with Crippen molar-refractivity contribution < 1.29 is 13.8 Å². The fourth-order valence-electron chi connectivity index (χ4n) is 1.96. The van der Waals surface area contributed by atoms with Crippen LogP contribution in [0.5, 0.6) is 0 Å². The first-order valence-corrected chi connectivity index (χ1v) is 6.74. The monoisotopic (exact) mass is 292 g/mol. The lowest BCUT2D eigenvalue weighted by molar-refractivity contribution is -0.120. The van der Waals surface area contributed by atoms with E-state index in [2.05, 4.69) is 15.6 Å². The third-order valence-corrected chi connectivity index (χ3v) is 3.50. The van der Waals surface area contributed by atoms with Gasteiger partial charge >= 0.3 is 0 Å². The summed E-state index contributed by atoms with van der Waals surface area (Å²) < 4.78 is 10.1. The number of nitrogens with one attached hydrogen (secondary N) is 1. The third-order valence-electron chi connectivity index (χ3n) is 3.50. The van der Waals surface area contributed by atoms with Crippen molar-refractivity contribution in [3.8, 4) is 0 Å². The summed E-state index contributed by atoms with van der Waals surface area (Å²) in [7, 11) is 1.88. The van der Waals surface area contributed by atoms with Gasteiger partial charge in [0, 0.05) is 18.2 Å². The quantitative estimate of drug-likeness (QED) is 0.908. The average molecular weight is 292 g/mol. The van der Waals surface area contributed by atoms with Crippen molar-refractivity contribution in [1.82, 2.24) is 15.2 Å². The van der Waals surface area contributed by atoms with Crippen LogP contribution in [0.25, 0.3) is 0 Å². The van der Waals surface area contributed by atoms with Crippen LogP contribution in [-0.4, -0.2) is 34.2 Å². The highest BCUT2D eigenvalue weighted by Gasteiger charge is 2.21. The summed E-state index contributed by atoms with van der Waals surface area (Å²) in [5, 5.41) is 10.4. The molecule has 1 atom stereocenters. The molecule has 0 bridgehead atoms. The first kappa shape index (κ1) is 15.2. The van der Waals surface area contributed by atoms with Gasteiger partial charge in [-0.3, -0.25) is 15.0 Å². The van der Waals surface area contributed by atoms with E-state index < -0.39 is 0 Å². The van der Waals surface area contributed by atoms with Crippen molar-refractivity contribution in [2.75, 3.05) is 12.4 Å². The normalized spacial score (nSPS) is 12.7. The number of nitrogens with zero attached hydrogens (tertiary/aromatic N) is 3. The molecule has 0 fully saturated rings. The van der Waals surface area contributed by atoms with E-state index in [1.165, 1.54) is 0 Å². The molecular formula is C14H20N4O3. The zero-order chi connectivity index (χ0) is 15.6. The second-order valence-electron chi connectivity index (χ2n) is 5.22. The summed E-state index contributed by atoms with van der Waals surface area (Å²) in [5.41, 5.74) is 2.58. The van der Waals surface area contributed by atoms with Crippen molar-refractivity contribution in [3.63, 3.8) is 0 Å². The van der Waals surface area contributed by atoms with Crippen LogP contribution < -0.4 is 5.32 Å². The van der Waals surface area contributed by atoms with E-state index in [-0.39, 0.29) is 11.9 Å². The van der Waals surface area contributed by atoms with Gasteiger partial charge in [-0.2, -0.15) is 0 Å². The molecule has 21 heavy (non-hydrogen) atoms. The molecule has 0 aromatic carbocycles. The highest BCUT2D eigenvalue weighted by atomic mass is 16.5. The number of aromatic nitrogens is 2. The lowest BCUT2D eigenvalue weighted by Gasteiger charge is -2.23. The van der Waals surface area contributed by atoms with E-state index >= 15 is 0 Å². The Bertz CT molecular complexity index is 612. The number of hydrogen-bond donors (Lipinski definition) is 1. The topological polar surface area (TPSA) is 84.4 Å². The summed E-state index contributed by atoms with van der Waals surface area (Å²) in [6, 6.07) is 1.35. The molecule has 114 valence electrons. The highest BCUT2D eigenvalue weighted by molar-refractivity contribution is 5.93. The molecule has 7 nitrogen and oxygen atoms in total. The van der Waals surface area contributed by atoms with Gasteiger partial charge in [-0.05, 0) is 34.7 Å². The lowest BCUT2D eigenvalue weighted by atomic mass is 10.1. The molecule has 0 saturated carbocycles. The maximum absolute atomic E-state index is 12.2. The van der Waals surface area contributed by atoms with Crippen LogP contribution in [0.1, 0.15) is 29.6 Å². The summed E-state index contributed by atoms with van der Waals surface area (Å²) >= 11 is 0. The molecule has 0 saturated heterocycles. The predicted octanol–water partition coefficient (Wildman–Crippen LogP) is 2.05. The van der Waals surface area contributed by atoms with Gasteiger partial charge in [0.05, 0.1) is 17.4 Å². The number of aryl methyl sites for hydroxylation is 3. The van der Waals surface area contributed by atoms with Crippen LogP contribution in [0, 0.1) is 20.8 Å². The molecule has 0 spiro atoms. The molecule has 0 unspecified atom stereocenters. The lowest BCUT2D eigenvalue weighted by Crippen LogP contribution is -2.39. The van der Waals surface area contributed by atoms with Crippen LogP contribution in [-0.2, 0) is 11.3 Å². The maximum Gasteiger partial charge on any atom is 0.243 e. The van der Waals surface area contributed by atoms with E-state index in [1.54, 1.807) is 13.0 Å². The van der Waals surface area contributed by atoms with Gasteiger partial charge in [-0.25, -0.2) is 0 Å². The molecule has 2 rings (SSSR count). The predicted molar refractivity (Wildman–Crippen MR) is 76.8 cm³/mol. The van der Waals surface area contributed by atoms with Crippen LogP contribution in [0.15, 0.2) is 15.1 Å². The second-order valence-corrected chi connectivity index (χ2v) is 5.22. The van der Waals surface area contributed by atoms with E-state index in [9.17, 15) is 4.79 Å². The SMILES string of the molecule is Cc1cc(NC(=O)[C@H](C)N(C)Cc2c(C)noc2C)on1. The van der Waals surface area contributed by atoms with Gasteiger partial charge in [0.25, 0.3) is 0 Å². The van der Waals surface area contributed by atoms with Crippen LogP contribution in [0.4, 0.5) is 5.88 Å². The highest BCUT2D eigenvalue weighted by Crippen LogP contribution is 2.16. The van der Waals surface area contributed by atoms with Crippen LogP contribution in [0.2, 0.25) is 0 Å². The Morgan fingerprint density at radius 2 is 2.05 bits per heavy atom. The molecule has 2 heterocycles. The number of carbonyl (C=O) groups excluding carboxylic acids is 1. The van der Waals surface area contributed by atoms with Crippen molar-refractivity contribution in [3.05, 3.63) is 28.8 Å². The average Bonchev–Trinajstić information content (AvgIpc) is 2.98. The zero-order valence-corrected chi connectivity index (χ0v) is 12.9. The van der Waals surface area contributed by atoms with E-state index in [0.29, 0.717) is 12.4 Å². The maximum atomic E-state index is 12.2. The van der Waals surface area contributed by atoms with E-state index in [1.807, 2.05) is 32.7 Å². The van der Waals surface area contributed by atoms with Gasteiger partial charge in [-0.15, -0.1) is 0 Å². The van der Waals surface area contributed by atoms with Crippen molar-refractivity contribution >= 4 is 11.8 Å². The molecule has 0 radical (unpaired) electrons. The zero-order valence-electron chi connectivity index (χ0n) is 12.9. The Morgan fingerprint density at radius 3 is 2.57 bits per heavy atom. The largest absolute Gasteiger partial charge is 0.361 e. The minimum absolute atomic E-state index is 0.152. The van der Waals surface area contributed by atoms with E-state index in [4.69, 9.17) is 9.05 Å². The van der Waals surface area contributed by atoms with Gasteiger partial charge < -0.3 is 9.05 Å². The van der Waals surface area contributed by atoms with Crippen molar-refractivity contribution in [1.29, 1.82) is 0 Å². The molecular weight excluding hydrogens is 272 g/mol. The molecule has 1 N–H and O–H groups in total. The summed E-state index contributed by atoms with van der Waals surface area (Å²) in [6.45, 7) is 7.97. The summed E-state index contributed by atoms with van der Waals surface area (Å²) in [5.74, 6) is 0.980. The van der Waals surface area contributed by atoms with Gasteiger partial charge in [-0.1, -0.05) is 10.3 Å². The molecule has 0 aliphatic carbocycles. The minimum atomic E-state index is -0.330. The Balaban J connectivity index is 1.98. The first-order valence-electron chi connectivity index (χ1n) is 6.74. The Hall–Kier alpha value is -2.15. The standard InChI is InChI=1S/C14H20N4O3/c1-8-6-13(21-16-8)15-14(19)10(3)18(5)7-12-9(2)17-20-11(12)4/h6,10H,7H2,1-5H3,(H,15,19)/t10-/m0/s1. The number of hydrogen-bond acceptors (Lipinski definition) is 6. The number of rotatable bonds is 5. The second kappa shape index (κ2) is 6.09. The van der Waals surface area contributed by atoms with Gasteiger partial charge in [0.2, 0.25) is 11.8 Å². The van der Waals surface area contributed by atoms with Crippen molar-refractivity contribution in [2.45, 2.75) is 40.3 Å². The fraction of sp³-hybridized carbons (Fsp3) is 0.500. The molecule has 7 heteroatoms. The number of carbonyl (C=O) groups is 1. The third kappa shape index (κ3) is 3.49. The molecule has 0 aliphatic rings. The number of amides is 1. The smallest absolute Gasteiger partial charge is 0.243 e. The van der Waals surface area contributed by atoms with Crippen LogP contribution in [0.3, 0.4) is 0 Å². The molecule has 0 aliphatic heterocycles. The summed E-state index contributed by atoms with van der Waals surface area (Å²) in [6.07, 6.45) is 0. The van der Waals surface area contributed by atoms with Gasteiger partial charge in [0.15, 0.2) is 0 Å². The number of likely N-dealkylation sites (N-methyl/N-ethyl adjacent to an activating group) is 1. The number of anilines is 1. The summed E-state index contributed by atoms with van der Waals surface area (Å²) in [4.78, 5) is 14.1. The molecule has 2 aromatic heterocycles. The first-order chi connectivity index (χ1) is 9.88. The van der Waals surface area contributed by atoms with Crippen molar-refractivity contribution in [2.24, 2.45) is 0 Å². The van der Waals surface area contributed by atoms with Crippen LogP contribution >= 0.6 is 0 Å². The molecule has 1 amide bonds. The molecule has 2 aromatic rings. The Kier molecular flexibility index (Phi) is 4.42.